The second-order valence-corrected chi connectivity index (χ2v) is 12.3. The Balaban J connectivity index is 1.69. The van der Waals surface area contributed by atoms with E-state index < -0.39 is 15.6 Å². The van der Waals surface area contributed by atoms with Crippen LogP contribution in [0, 0.1) is 6.92 Å². The molecule has 1 atom stereocenters. The van der Waals surface area contributed by atoms with Crippen molar-refractivity contribution < 1.29 is 13.2 Å². The van der Waals surface area contributed by atoms with Crippen LogP contribution in [0.3, 0.4) is 0 Å². The first-order valence-electron chi connectivity index (χ1n) is 11.1. The molecule has 3 aromatic rings. The van der Waals surface area contributed by atoms with Crippen molar-refractivity contribution in [2.45, 2.75) is 50.6 Å². The highest BCUT2D eigenvalue weighted by Crippen LogP contribution is 2.38. The highest BCUT2D eigenvalue weighted by molar-refractivity contribution is 7.89. The molecule has 0 N–H and O–H groups in total. The lowest BCUT2D eigenvalue weighted by Crippen LogP contribution is -2.52. The number of hydrogen-bond donors (Lipinski definition) is 0. The zero-order valence-electron chi connectivity index (χ0n) is 19.5. The molecule has 1 aliphatic rings. The number of hydrogen-bond acceptors (Lipinski definition) is 4. The van der Waals surface area contributed by atoms with E-state index in [2.05, 4.69) is 11.4 Å². The fraction of sp³-hybridized carbons (Fsp3) is 0.346. The number of rotatable bonds is 5. The quantitative estimate of drug-likeness (QED) is 0.513. The van der Waals surface area contributed by atoms with Gasteiger partial charge in [0.15, 0.2) is 0 Å². The van der Waals surface area contributed by atoms with Crippen molar-refractivity contribution in [3.05, 3.63) is 87.6 Å². The molecule has 0 saturated carbocycles. The molecular formula is C26H30N2O3S2. The average molecular weight is 483 g/mol. The van der Waals surface area contributed by atoms with Gasteiger partial charge in [0, 0.05) is 17.0 Å². The topological polar surface area (TPSA) is 57.7 Å². The molecule has 0 radical (unpaired) electrons. The smallest absolute Gasteiger partial charge is 0.244 e. The van der Waals surface area contributed by atoms with E-state index in [1.807, 2.05) is 62.9 Å². The third-order valence-corrected chi connectivity index (χ3v) is 9.16. The average Bonchev–Trinajstić information content (AvgIpc) is 3.25. The molecule has 174 valence electrons. The molecule has 0 spiro atoms. The molecule has 1 aliphatic heterocycles. The van der Waals surface area contributed by atoms with Crippen molar-refractivity contribution in [1.82, 2.24) is 9.21 Å². The summed E-state index contributed by atoms with van der Waals surface area (Å²) in [7, 11) is -3.85. The van der Waals surface area contributed by atoms with Crippen LogP contribution in [-0.2, 0) is 21.2 Å². The number of nitrogens with zero attached hydrogens (tertiary/aromatic N) is 2. The molecule has 1 aromatic heterocycles. The third-order valence-electron chi connectivity index (χ3n) is 6.04. The van der Waals surface area contributed by atoms with E-state index in [-0.39, 0.29) is 23.4 Å². The van der Waals surface area contributed by atoms with Gasteiger partial charge in [0.1, 0.15) is 0 Å². The first-order chi connectivity index (χ1) is 15.6. The van der Waals surface area contributed by atoms with Gasteiger partial charge in [-0.15, -0.1) is 11.3 Å². The Morgan fingerprint density at radius 3 is 2.36 bits per heavy atom. The Hall–Kier alpha value is -2.48. The number of thiophene rings is 1. The van der Waals surface area contributed by atoms with Gasteiger partial charge in [-0.05, 0) is 68.8 Å². The minimum atomic E-state index is -3.85. The first-order valence-corrected chi connectivity index (χ1v) is 13.4. The van der Waals surface area contributed by atoms with Gasteiger partial charge in [0.25, 0.3) is 0 Å². The van der Waals surface area contributed by atoms with Gasteiger partial charge in [-0.1, -0.05) is 48.0 Å². The van der Waals surface area contributed by atoms with E-state index in [0.29, 0.717) is 6.54 Å². The molecule has 2 aromatic carbocycles. The maximum Gasteiger partial charge on any atom is 0.244 e. The molecule has 2 heterocycles. The van der Waals surface area contributed by atoms with Gasteiger partial charge >= 0.3 is 0 Å². The van der Waals surface area contributed by atoms with Crippen molar-refractivity contribution >= 4 is 27.3 Å². The number of sulfonamides is 1. The molecule has 33 heavy (non-hydrogen) atoms. The standard InChI is InChI=1S/C26H30N2O3S2/c1-19-10-12-21(13-11-19)33(30,31)28(26(2,3)4)18-24(29)27-16-14-23-22(15-17-32-23)25(27)20-8-6-5-7-9-20/h5-13,15,17,25H,14,16,18H2,1-4H3. The molecule has 0 saturated heterocycles. The highest BCUT2D eigenvalue weighted by atomic mass is 32.2. The highest BCUT2D eigenvalue weighted by Gasteiger charge is 2.39. The van der Waals surface area contributed by atoms with E-state index in [1.54, 1.807) is 35.6 Å². The molecule has 5 nitrogen and oxygen atoms in total. The van der Waals surface area contributed by atoms with Crippen LogP contribution < -0.4 is 0 Å². The fourth-order valence-electron chi connectivity index (χ4n) is 4.31. The van der Waals surface area contributed by atoms with Crippen LogP contribution in [0.25, 0.3) is 0 Å². The summed E-state index contributed by atoms with van der Waals surface area (Å²) in [6.45, 7) is 7.76. The Bertz CT molecular complexity index is 1230. The SMILES string of the molecule is Cc1ccc(S(=O)(=O)N(CC(=O)N2CCc3sccc3C2c2ccccc2)C(C)(C)C)cc1. The van der Waals surface area contributed by atoms with Crippen molar-refractivity contribution in [1.29, 1.82) is 0 Å². The zero-order chi connectivity index (χ0) is 23.8. The van der Waals surface area contributed by atoms with Gasteiger partial charge in [-0.2, -0.15) is 4.31 Å². The Morgan fingerprint density at radius 1 is 1.06 bits per heavy atom. The van der Waals surface area contributed by atoms with Crippen molar-refractivity contribution in [2.75, 3.05) is 13.1 Å². The van der Waals surface area contributed by atoms with Crippen LogP contribution in [0.15, 0.2) is 70.9 Å². The summed E-state index contributed by atoms with van der Waals surface area (Å²) < 4.78 is 28.5. The van der Waals surface area contributed by atoms with Crippen molar-refractivity contribution in [2.24, 2.45) is 0 Å². The number of amides is 1. The number of aryl methyl sites for hydroxylation is 1. The maximum absolute atomic E-state index is 13.7. The van der Waals surface area contributed by atoms with E-state index in [9.17, 15) is 13.2 Å². The minimum Gasteiger partial charge on any atom is -0.330 e. The molecule has 1 amide bonds. The van der Waals surface area contributed by atoms with Crippen LogP contribution in [0.5, 0.6) is 0 Å². The van der Waals surface area contributed by atoms with Gasteiger partial charge in [0.2, 0.25) is 15.9 Å². The van der Waals surface area contributed by atoms with E-state index in [4.69, 9.17) is 0 Å². The predicted molar refractivity (Wildman–Crippen MR) is 133 cm³/mol. The summed E-state index contributed by atoms with van der Waals surface area (Å²) >= 11 is 1.71. The minimum absolute atomic E-state index is 0.189. The molecule has 0 aliphatic carbocycles. The largest absolute Gasteiger partial charge is 0.330 e. The summed E-state index contributed by atoms with van der Waals surface area (Å²) in [5.74, 6) is -0.189. The van der Waals surface area contributed by atoms with E-state index in [1.165, 1.54) is 9.18 Å². The molecule has 1 unspecified atom stereocenters. The van der Waals surface area contributed by atoms with E-state index >= 15 is 0 Å². The summed E-state index contributed by atoms with van der Waals surface area (Å²) in [6.07, 6.45) is 0.780. The lowest BCUT2D eigenvalue weighted by atomic mass is 9.93. The van der Waals surface area contributed by atoms with Crippen LogP contribution in [0.2, 0.25) is 0 Å². The monoisotopic (exact) mass is 482 g/mol. The number of carbonyl (C=O) groups excluding carboxylic acids is 1. The van der Waals surface area contributed by atoms with E-state index in [0.717, 1.165) is 23.1 Å². The number of benzene rings is 2. The number of fused-ring (bicyclic) bond motifs is 1. The molecule has 0 fully saturated rings. The predicted octanol–water partition coefficient (Wildman–Crippen LogP) is 5.02. The molecular weight excluding hydrogens is 452 g/mol. The molecule has 7 heteroatoms. The lowest BCUT2D eigenvalue weighted by molar-refractivity contribution is -0.134. The maximum atomic E-state index is 13.7. The second-order valence-electron chi connectivity index (χ2n) is 9.45. The van der Waals surface area contributed by atoms with Gasteiger partial charge in [-0.3, -0.25) is 4.79 Å². The van der Waals surface area contributed by atoms with Gasteiger partial charge < -0.3 is 4.90 Å². The van der Waals surface area contributed by atoms with Crippen molar-refractivity contribution in [3.8, 4) is 0 Å². The fourth-order valence-corrected chi connectivity index (χ4v) is 6.95. The van der Waals surface area contributed by atoms with Crippen LogP contribution in [-0.4, -0.2) is 42.2 Å². The van der Waals surface area contributed by atoms with Crippen LogP contribution >= 0.6 is 11.3 Å². The van der Waals surface area contributed by atoms with Gasteiger partial charge in [-0.25, -0.2) is 8.42 Å². The van der Waals surface area contributed by atoms with Gasteiger partial charge in [0.05, 0.1) is 17.5 Å². The third kappa shape index (κ3) is 4.76. The van der Waals surface area contributed by atoms with Crippen molar-refractivity contribution in [3.63, 3.8) is 0 Å². The number of carbonyl (C=O) groups is 1. The summed E-state index contributed by atoms with van der Waals surface area (Å²) in [4.78, 5) is 17.1. The Labute approximate surface area is 200 Å². The molecule has 4 rings (SSSR count). The first kappa shape index (κ1) is 23.7. The van der Waals surface area contributed by atoms with Crippen LogP contribution in [0.4, 0.5) is 0 Å². The molecule has 0 bridgehead atoms. The Morgan fingerprint density at radius 2 is 1.73 bits per heavy atom. The summed E-state index contributed by atoms with van der Waals surface area (Å²) in [6, 6.07) is 18.6. The van der Waals surface area contributed by atoms with Crippen LogP contribution in [0.1, 0.15) is 48.4 Å². The zero-order valence-corrected chi connectivity index (χ0v) is 21.1. The second kappa shape index (κ2) is 9.05. The lowest BCUT2D eigenvalue weighted by Gasteiger charge is -2.40. The summed E-state index contributed by atoms with van der Waals surface area (Å²) in [5, 5.41) is 2.07. The normalized spacial score (nSPS) is 16.6. The Kier molecular flexibility index (Phi) is 6.49. The summed E-state index contributed by atoms with van der Waals surface area (Å²) in [5.41, 5.74) is 2.40.